The van der Waals surface area contributed by atoms with Crippen molar-refractivity contribution in [2.45, 2.75) is 116 Å². The second-order valence-electron chi connectivity index (χ2n) is 8.24. The first-order valence-electron chi connectivity index (χ1n) is 11.7. The summed E-state index contributed by atoms with van der Waals surface area (Å²) in [5.74, 6) is 0.297. The number of nitrogens with two attached hydrogens (primary N) is 1. The number of carbonyl (C=O) groups is 1. The molecular weight excluding hydrogens is 346 g/mol. The number of carbonyl (C=O) groups excluding carboxylic acids is 1. The van der Waals surface area contributed by atoms with Crippen molar-refractivity contribution in [3.05, 3.63) is 29.8 Å². The third kappa shape index (κ3) is 12.2. The number of Topliss-reactive ketones (excluding diaryl/α,β-unsaturated/α-hetero) is 1. The van der Waals surface area contributed by atoms with Crippen molar-refractivity contribution in [2.24, 2.45) is 5.73 Å². The van der Waals surface area contributed by atoms with E-state index in [-0.39, 0.29) is 11.5 Å². The van der Waals surface area contributed by atoms with E-state index >= 15 is 0 Å². The highest BCUT2D eigenvalue weighted by molar-refractivity contribution is 5.85. The van der Waals surface area contributed by atoms with Gasteiger partial charge in [-0.2, -0.15) is 0 Å². The molecule has 0 radical (unpaired) electrons. The van der Waals surface area contributed by atoms with Crippen LogP contribution >= 0.6 is 0 Å². The molecule has 160 valence electrons. The lowest BCUT2D eigenvalue weighted by molar-refractivity contribution is -0.120. The van der Waals surface area contributed by atoms with E-state index in [1.165, 1.54) is 83.5 Å². The standard InChI is InChI=1S/C25H43NO2/c1-2-3-4-5-6-7-8-9-10-11-12-13-14-15-16-17-24(28)25(26)22-18-20-23(27)21-19-22/h18-21,25,27H,2-17,26H2,1H3. The molecule has 0 aliphatic heterocycles. The molecule has 0 saturated heterocycles. The monoisotopic (exact) mass is 389 g/mol. The first kappa shape index (κ1) is 24.7. The first-order chi connectivity index (χ1) is 13.6. The van der Waals surface area contributed by atoms with Gasteiger partial charge in [-0.05, 0) is 24.1 Å². The van der Waals surface area contributed by atoms with Crippen molar-refractivity contribution in [3.8, 4) is 5.75 Å². The summed E-state index contributed by atoms with van der Waals surface area (Å²) < 4.78 is 0. The number of benzene rings is 1. The first-order valence-corrected chi connectivity index (χ1v) is 11.7. The SMILES string of the molecule is CCCCCCCCCCCCCCCCCC(=O)C(N)c1ccc(O)cc1. The maximum absolute atomic E-state index is 12.2. The summed E-state index contributed by atoms with van der Waals surface area (Å²) >= 11 is 0. The van der Waals surface area contributed by atoms with Crippen LogP contribution in [0.3, 0.4) is 0 Å². The van der Waals surface area contributed by atoms with Crippen LogP contribution in [0.25, 0.3) is 0 Å². The largest absolute Gasteiger partial charge is 0.508 e. The van der Waals surface area contributed by atoms with Crippen LogP contribution in [-0.2, 0) is 4.79 Å². The van der Waals surface area contributed by atoms with Crippen LogP contribution in [0.2, 0.25) is 0 Å². The fourth-order valence-corrected chi connectivity index (χ4v) is 3.69. The van der Waals surface area contributed by atoms with Crippen LogP contribution in [0.1, 0.15) is 121 Å². The quantitative estimate of drug-likeness (QED) is 0.260. The average molecular weight is 390 g/mol. The Balaban J connectivity index is 1.88. The van der Waals surface area contributed by atoms with Crippen LogP contribution in [0, 0.1) is 0 Å². The number of hydrogen-bond donors (Lipinski definition) is 2. The van der Waals surface area contributed by atoms with Gasteiger partial charge in [0.25, 0.3) is 0 Å². The minimum atomic E-state index is -0.563. The van der Waals surface area contributed by atoms with E-state index in [1.54, 1.807) is 24.3 Å². The van der Waals surface area contributed by atoms with E-state index in [9.17, 15) is 9.90 Å². The Morgan fingerprint density at radius 1 is 0.750 bits per heavy atom. The summed E-state index contributed by atoms with van der Waals surface area (Å²) in [7, 11) is 0. The number of unbranched alkanes of at least 4 members (excludes halogenated alkanes) is 14. The molecule has 0 aliphatic carbocycles. The molecule has 0 heterocycles. The predicted molar refractivity (Wildman–Crippen MR) is 120 cm³/mol. The van der Waals surface area contributed by atoms with Gasteiger partial charge in [0, 0.05) is 6.42 Å². The van der Waals surface area contributed by atoms with Gasteiger partial charge in [-0.1, -0.05) is 109 Å². The van der Waals surface area contributed by atoms with E-state index in [0.717, 1.165) is 18.4 Å². The van der Waals surface area contributed by atoms with Crippen molar-refractivity contribution in [2.75, 3.05) is 0 Å². The van der Waals surface area contributed by atoms with Gasteiger partial charge < -0.3 is 10.8 Å². The maximum Gasteiger partial charge on any atom is 0.154 e. The van der Waals surface area contributed by atoms with Crippen LogP contribution in [0.5, 0.6) is 5.75 Å². The van der Waals surface area contributed by atoms with Crippen LogP contribution in [0.4, 0.5) is 0 Å². The molecule has 0 amide bonds. The molecule has 3 N–H and O–H groups in total. The van der Waals surface area contributed by atoms with Gasteiger partial charge in [0.2, 0.25) is 0 Å². The number of phenolic OH excluding ortho intramolecular Hbond substituents is 1. The van der Waals surface area contributed by atoms with E-state index < -0.39 is 6.04 Å². The molecule has 3 heteroatoms. The third-order valence-electron chi connectivity index (χ3n) is 5.63. The molecule has 1 atom stereocenters. The molecule has 0 fully saturated rings. The molecule has 28 heavy (non-hydrogen) atoms. The zero-order valence-electron chi connectivity index (χ0n) is 18.1. The average Bonchev–Trinajstić information content (AvgIpc) is 2.70. The second kappa shape index (κ2) is 16.6. The van der Waals surface area contributed by atoms with Gasteiger partial charge in [-0.3, -0.25) is 4.79 Å². The molecule has 1 aromatic rings. The minimum absolute atomic E-state index is 0.0976. The Hall–Kier alpha value is -1.35. The number of rotatable bonds is 18. The van der Waals surface area contributed by atoms with Crippen LogP contribution in [0.15, 0.2) is 24.3 Å². The van der Waals surface area contributed by atoms with Crippen molar-refractivity contribution in [3.63, 3.8) is 0 Å². The smallest absolute Gasteiger partial charge is 0.154 e. The fraction of sp³-hybridized carbons (Fsp3) is 0.720. The normalized spacial score (nSPS) is 12.2. The molecule has 0 spiro atoms. The Labute approximate surface area is 173 Å². The van der Waals surface area contributed by atoms with E-state index in [4.69, 9.17) is 5.73 Å². The summed E-state index contributed by atoms with van der Waals surface area (Å²) in [5, 5.41) is 9.30. The lowest BCUT2D eigenvalue weighted by atomic mass is 9.98. The van der Waals surface area contributed by atoms with E-state index in [0.29, 0.717) is 6.42 Å². The van der Waals surface area contributed by atoms with Gasteiger partial charge in [0.15, 0.2) is 5.78 Å². The Kier molecular flexibility index (Phi) is 14.6. The molecule has 0 aliphatic rings. The minimum Gasteiger partial charge on any atom is -0.508 e. The Bertz CT molecular complexity index is 498. The van der Waals surface area contributed by atoms with E-state index in [1.807, 2.05) is 0 Å². The third-order valence-corrected chi connectivity index (χ3v) is 5.63. The molecule has 1 unspecified atom stereocenters. The lowest BCUT2D eigenvalue weighted by Crippen LogP contribution is -2.21. The summed E-state index contributed by atoms with van der Waals surface area (Å²) in [6, 6.07) is 6.05. The lowest BCUT2D eigenvalue weighted by Gasteiger charge is -2.11. The van der Waals surface area contributed by atoms with Gasteiger partial charge in [0.05, 0.1) is 6.04 Å². The van der Waals surface area contributed by atoms with Gasteiger partial charge in [0.1, 0.15) is 5.75 Å². The predicted octanol–water partition coefficient (Wildman–Crippen LogP) is 7.22. The highest BCUT2D eigenvalue weighted by atomic mass is 16.3. The van der Waals surface area contributed by atoms with Gasteiger partial charge in [-0.25, -0.2) is 0 Å². The summed E-state index contributed by atoms with van der Waals surface area (Å²) in [6.07, 6.45) is 20.4. The molecule has 1 aromatic carbocycles. The number of hydrogen-bond acceptors (Lipinski definition) is 3. The summed E-state index contributed by atoms with van der Waals surface area (Å²) in [6.45, 7) is 2.27. The topological polar surface area (TPSA) is 63.3 Å². The summed E-state index contributed by atoms with van der Waals surface area (Å²) in [4.78, 5) is 12.2. The second-order valence-corrected chi connectivity index (χ2v) is 8.24. The molecule has 0 saturated carbocycles. The highest BCUT2D eigenvalue weighted by Gasteiger charge is 2.14. The van der Waals surface area contributed by atoms with Crippen molar-refractivity contribution >= 4 is 5.78 Å². The summed E-state index contributed by atoms with van der Waals surface area (Å²) in [5.41, 5.74) is 6.80. The fourth-order valence-electron chi connectivity index (χ4n) is 3.69. The molecular formula is C25H43NO2. The van der Waals surface area contributed by atoms with Gasteiger partial charge in [-0.15, -0.1) is 0 Å². The van der Waals surface area contributed by atoms with Crippen molar-refractivity contribution in [1.29, 1.82) is 0 Å². The molecule has 3 nitrogen and oxygen atoms in total. The molecule has 0 bridgehead atoms. The molecule has 0 aromatic heterocycles. The van der Waals surface area contributed by atoms with Crippen molar-refractivity contribution < 1.29 is 9.90 Å². The van der Waals surface area contributed by atoms with Crippen molar-refractivity contribution in [1.82, 2.24) is 0 Å². The number of ketones is 1. The van der Waals surface area contributed by atoms with E-state index in [2.05, 4.69) is 6.92 Å². The zero-order valence-corrected chi connectivity index (χ0v) is 18.1. The number of aromatic hydroxyl groups is 1. The Morgan fingerprint density at radius 3 is 1.57 bits per heavy atom. The highest BCUT2D eigenvalue weighted by Crippen LogP contribution is 2.18. The zero-order chi connectivity index (χ0) is 20.5. The number of phenols is 1. The van der Waals surface area contributed by atoms with Crippen LogP contribution in [-0.4, -0.2) is 10.9 Å². The van der Waals surface area contributed by atoms with Crippen LogP contribution < -0.4 is 5.73 Å². The molecule has 1 rings (SSSR count). The maximum atomic E-state index is 12.2. The van der Waals surface area contributed by atoms with Gasteiger partial charge >= 0.3 is 0 Å². The Morgan fingerprint density at radius 2 is 1.14 bits per heavy atom.